The molecule has 3 aromatic rings. The minimum Gasteiger partial charge on any atom is -0.331 e. The lowest BCUT2D eigenvalue weighted by Crippen LogP contribution is -1.90. The third-order valence-corrected chi connectivity index (χ3v) is 4.40. The predicted octanol–water partition coefficient (Wildman–Crippen LogP) is 5.39. The Morgan fingerprint density at radius 1 is 1.18 bits per heavy atom. The second-order valence-electron chi connectivity index (χ2n) is 4.82. The van der Waals surface area contributed by atoms with Gasteiger partial charge >= 0.3 is 0 Å². The number of aromatic nitrogens is 1. The molecule has 108 valence electrons. The number of nitrogens with zero attached hydrogens (tertiary/aromatic N) is 2. The molecule has 0 saturated heterocycles. The average Bonchev–Trinajstić information content (AvgIpc) is 2.99. The molecule has 0 aliphatic heterocycles. The standard InChI is InChI=1S/C17H12ClN3S/c1-11-2-7-14(8-15(11)18)20-17-21-16(10-22-17)13-5-3-12(9-19)4-6-13/h2-8,10H,1H3,(H,20,21). The van der Waals surface area contributed by atoms with Crippen LogP contribution in [0.4, 0.5) is 10.8 Å². The quantitative estimate of drug-likeness (QED) is 0.702. The van der Waals surface area contributed by atoms with Gasteiger partial charge in [-0.15, -0.1) is 11.3 Å². The molecule has 5 heteroatoms. The molecule has 0 aliphatic rings. The van der Waals surface area contributed by atoms with E-state index in [1.807, 2.05) is 42.6 Å². The molecule has 3 rings (SSSR count). The topological polar surface area (TPSA) is 48.7 Å². The summed E-state index contributed by atoms with van der Waals surface area (Å²) in [6.45, 7) is 1.97. The van der Waals surface area contributed by atoms with Crippen molar-refractivity contribution in [3.05, 3.63) is 64.0 Å². The number of anilines is 2. The van der Waals surface area contributed by atoms with Crippen molar-refractivity contribution in [3.63, 3.8) is 0 Å². The maximum absolute atomic E-state index is 8.82. The van der Waals surface area contributed by atoms with Crippen molar-refractivity contribution in [1.82, 2.24) is 4.98 Å². The summed E-state index contributed by atoms with van der Waals surface area (Å²) in [7, 11) is 0. The summed E-state index contributed by atoms with van der Waals surface area (Å²) in [5, 5.41) is 15.6. The molecule has 0 spiro atoms. The maximum Gasteiger partial charge on any atom is 0.187 e. The molecule has 0 saturated carbocycles. The molecule has 3 nitrogen and oxygen atoms in total. The number of nitrogens with one attached hydrogen (secondary N) is 1. The zero-order valence-corrected chi connectivity index (χ0v) is 13.4. The van der Waals surface area contributed by atoms with E-state index >= 15 is 0 Å². The fraction of sp³-hybridized carbons (Fsp3) is 0.0588. The van der Waals surface area contributed by atoms with E-state index in [2.05, 4.69) is 16.4 Å². The Kier molecular flexibility index (Phi) is 4.10. The molecule has 0 bridgehead atoms. The van der Waals surface area contributed by atoms with Crippen LogP contribution < -0.4 is 5.32 Å². The number of halogens is 1. The first-order valence-electron chi connectivity index (χ1n) is 6.65. The monoisotopic (exact) mass is 325 g/mol. The van der Waals surface area contributed by atoms with Crippen molar-refractivity contribution < 1.29 is 0 Å². The highest BCUT2D eigenvalue weighted by molar-refractivity contribution is 7.14. The molecule has 22 heavy (non-hydrogen) atoms. The Morgan fingerprint density at radius 2 is 1.95 bits per heavy atom. The van der Waals surface area contributed by atoms with Crippen LogP contribution in [0.5, 0.6) is 0 Å². The van der Waals surface area contributed by atoms with Gasteiger partial charge in [0.2, 0.25) is 0 Å². The smallest absolute Gasteiger partial charge is 0.187 e. The second kappa shape index (κ2) is 6.18. The van der Waals surface area contributed by atoms with Crippen molar-refractivity contribution in [2.45, 2.75) is 6.92 Å². The summed E-state index contributed by atoms with van der Waals surface area (Å²) in [6.07, 6.45) is 0. The third kappa shape index (κ3) is 3.11. The van der Waals surface area contributed by atoms with E-state index in [1.165, 1.54) is 11.3 Å². The summed E-state index contributed by atoms with van der Waals surface area (Å²) in [5.41, 5.74) is 4.48. The van der Waals surface area contributed by atoms with E-state index < -0.39 is 0 Å². The molecule has 0 aliphatic carbocycles. The molecular formula is C17H12ClN3S. The van der Waals surface area contributed by atoms with Crippen molar-refractivity contribution in [1.29, 1.82) is 5.26 Å². The Balaban J connectivity index is 1.81. The average molecular weight is 326 g/mol. The van der Waals surface area contributed by atoms with Crippen LogP contribution in [0.25, 0.3) is 11.3 Å². The molecule has 0 radical (unpaired) electrons. The summed E-state index contributed by atoms with van der Waals surface area (Å²) in [5.74, 6) is 0. The first-order chi connectivity index (χ1) is 10.7. The van der Waals surface area contributed by atoms with Crippen molar-refractivity contribution in [2.24, 2.45) is 0 Å². The SMILES string of the molecule is Cc1ccc(Nc2nc(-c3ccc(C#N)cc3)cs2)cc1Cl. The Hall–Kier alpha value is -2.35. The number of nitriles is 1. The van der Waals surface area contributed by atoms with Crippen LogP contribution in [0.1, 0.15) is 11.1 Å². The van der Waals surface area contributed by atoms with Gasteiger partial charge in [0.15, 0.2) is 5.13 Å². The van der Waals surface area contributed by atoms with Crippen LogP contribution in [-0.2, 0) is 0 Å². The van der Waals surface area contributed by atoms with Gasteiger partial charge in [0.25, 0.3) is 0 Å². The predicted molar refractivity (Wildman–Crippen MR) is 91.7 cm³/mol. The minimum absolute atomic E-state index is 0.645. The molecule has 1 heterocycles. The zero-order valence-electron chi connectivity index (χ0n) is 11.8. The molecule has 0 unspecified atom stereocenters. The normalized spacial score (nSPS) is 10.2. The van der Waals surface area contributed by atoms with Gasteiger partial charge in [0, 0.05) is 21.7 Å². The lowest BCUT2D eigenvalue weighted by atomic mass is 10.1. The highest BCUT2D eigenvalue weighted by atomic mass is 35.5. The molecule has 0 atom stereocenters. The molecule has 1 aromatic heterocycles. The fourth-order valence-corrected chi connectivity index (χ4v) is 2.89. The highest BCUT2D eigenvalue weighted by Gasteiger charge is 2.06. The largest absolute Gasteiger partial charge is 0.331 e. The van der Waals surface area contributed by atoms with Gasteiger partial charge in [0.05, 0.1) is 17.3 Å². The Morgan fingerprint density at radius 3 is 2.64 bits per heavy atom. The van der Waals surface area contributed by atoms with Gasteiger partial charge in [0.1, 0.15) is 0 Å². The number of aryl methyl sites for hydroxylation is 1. The van der Waals surface area contributed by atoms with Crippen LogP contribution in [0.2, 0.25) is 5.02 Å². The number of hydrogen-bond acceptors (Lipinski definition) is 4. The van der Waals surface area contributed by atoms with Crippen LogP contribution in [-0.4, -0.2) is 4.98 Å². The van der Waals surface area contributed by atoms with Crippen LogP contribution in [0.3, 0.4) is 0 Å². The molecule has 0 fully saturated rings. The minimum atomic E-state index is 0.645. The summed E-state index contributed by atoms with van der Waals surface area (Å²) >= 11 is 7.66. The van der Waals surface area contributed by atoms with Gasteiger partial charge in [-0.3, -0.25) is 0 Å². The Bertz CT molecular complexity index is 847. The zero-order chi connectivity index (χ0) is 15.5. The number of thiazole rings is 1. The molecule has 1 N–H and O–H groups in total. The van der Waals surface area contributed by atoms with E-state index in [-0.39, 0.29) is 0 Å². The van der Waals surface area contributed by atoms with Gasteiger partial charge in [-0.2, -0.15) is 5.26 Å². The van der Waals surface area contributed by atoms with E-state index in [0.29, 0.717) is 5.56 Å². The third-order valence-electron chi connectivity index (χ3n) is 3.24. The fourth-order valence-electron chi connectivity index (χ4n) is 1.97. The van der Waals surface area contributed by atoms with Crippen LogP contribution in [0.15, 0.2) is 47.8 Å². The molecule has 0 amide bonds. The number of rotatable bonds is 3. The van der Waals surface area contributed by atoms with Crippen LogP contribution >= 0.6 is 22.9 Å². The highest BCUT2D eigenvalue weighted by Crippen LogP contribution is 2.28. The van der Waals surface area contributed by atoms with Gasteiger partial charge in [-0.1, -0.05) is 29.8 Å². The maximum atomic E-state index is 8.82. The van der Waals surface area contributed by atoms with Crippen molar-refractivity contribution in [3.8, 4) is 17.3 Å². The lowest BCUT2D eigenvalue weighted by Gasteiger charge is -2.04. The first-order valence-corrected chi connectivity index (χ1v) is 7.91. The van der Waals surface area contributed by atoms with Gasteiger partial charge < -0.3 is 5.32 Å². The van der Waals surface area contributed by atoms with E-state index in [9.17, 15) is 0 Å². The first kappa shape index (κ1) is 14.6. The van der Waals surface area contributed by atoms with E-state index in [1.54, 1.807) is 12.1 Å². The van der Waals surface area contributed by atoms with E-state index in [4.69, 9.17) is 16.9 Å². The number of benzene rings is 2. The molecular weight excluding hydrogens is 314 g/mol. The summed E-state index contributed by atoms with van der Waals surface area (Å²) in [6, 6.07) is 15.3. The number of hydrogen-bond donors (Lipinski definition) is 1. The second-order valence-corrected chi connectivity index (χ2v) is 6.08. The summed E-state index contributed by atoms with van der Waals surface area (Å²) < 4.78 is 0. The van der Waals surface area contributed by atoms with Crippen molar-refractivity contribution in [2.75, 3.05) is 5.32 Å². The van der Waals surface area contributed by atoms with E-state index in [0.717, 1.165) is 32.7 Å². The van der Waals surface area contributed by atoms with Crippen molar-refractivity contribution >= 4 is 33.8 Å². The van der Waals surface area contributed by atoms with Gasteiger partial charge in [-0.25, -0.2) is 4.98 Å². The Labute approximate surface area is 137 Å². The van der Waals surface area contributed by atoms with Gasteiger partial charge in [-0.05, 0) is 36.8 Å². The van der Waals surface area contributed by atoms with Crippen LogP contribution in [0, 0.1) is 18.3 Å². The summed E-state index contributed by atoms with van der Waals surface area (Å²) in [4.78, 5) is 4.56. The molecule has 2 aromatic carbocycles. The lowest BCUT2D eigenvalue weighted by molar-refractivity contribution is 1.37.